The smallest absolute Gasteiger partial charge is 0.230 e. The summed E-state index contributed by atoms with van der Waals surface area (Å²) >= 11 is 1.26. The first-order chi connectivity index (χ1) is 15.6. The van der Waals surface area contributed by atoms with Crippen molar-refractivity contribution in [3.8, 4) is 11.5 Å². The lowest BCUT2D eigenvalue weighted by Crippen LogP contribution is -2.29. The maximum absolute atomic E-state index is 13.8. The number of aromatic nitrogens is 3. The van der Waals surface area contributed by atoms with Gasteiger partial charge < -0.3 is 14.8 Å². The van der Waals surface area contributed by atoms with Gasteiger partial charge in [-0.25, -0.2) is 4.39 Å². The summed E-state index contributed by atoms with van der Waals surface area (Å²) in [4.78, 5) is 12.2. The minimum atomic E-state index is -0.445. The lowest BCUT2D eigenvalue weighted by atomic mass is 10.2. The molecule has 0 radical (unpaired) electrons. The van der Waals surface area contributed by atoms with Crippen molar-refractivity contribution >= 4 is 17.7 Å². The second kappa shape index (κ2) is 11.9. The number of benzene rings is 2. The van der Waals surface area contributed by atoms with Gasteiger partial charge in [0.1, 0.15) is 19.0 Å². The Morgan fingerprint density at radius 3 is 2.84 bits per heavy atom. The second-order valence-electron chi connectivity index (χ2n) is 6.82. The standard InChI is InChI=1S/C23H25FN4O3S/c1-3-12-28-21(15-31-20-10-5-4-9-19(20)24)26-27-23(28)32-16-22(29)25-11-13-30-18-8-6-7-17(2)14-18/h3-10,14H,1,11-13,15-16H2,2H3,(H,25,29). The van der Waals surface area contributed by atoms with Gasteiger partial charge in [0.2, 0.25) is 5.91 Å². The van der Waals surface area contributed by atoms with Gasteiger partial charge in [-0.15, -0.1) is 16.8 Å². The van der Waals surface area contributed by atoms with Crippen LogP contribution in [0.4, 0.5) is 4.39 Å². The summed E-state index contributed by atoms with van der Waals surface area (Å²) in [5, 5.41) is 11.6. The Balaban J connectivity index is 1.47. The maximum Gasteiger partial charge on any atom is 0.230 e. The largest absolute Gasteiger partial charge is 0.492 e. The number of carbonyl (C=O) groups is 1. The third-order valence-corrected chi connectivity index (χ3v) is 5.28. The van der Waals surface area contributed by atoms with E-state index in [-0.39, 0.29) is 24.0 Å². The van der Waals surface area contributed by atoms with E-state index in [2.05, 4.69) is 22.1 Å². The number of hydrogen-bond acceptors (Lipinski definition) is 6. The summed E-state index contributed by atoms with van der Waals surface area (Å²) < 4.78 is 26.7. The summed E-state index contributed by atoms with van der Waals surface area (Å²) in [5.41, 5.74) is 1.12. The van der Waals surface area contributed by atoms with Crippen molar-refractivity contribution in [1.82, 2.24) is 20.1 Å². The SMILES string of the molecule is C=CCn1c(COc2ccccc2F)nnc1SCC(=O)NCCOc1cccc(C)c1. The molecule has 168 valence electrons. The number of halogens is 1. The number of amides is 1. The average molecular weight is 457 g/mol. The van der Waals surface area contributed by atoms with Gasteiger partial charge >= 0.3 is 0 Å². The molecule has 0 saturated carbocycles. The number of aryl methyl sites for hydroxylation is 1. The Labute approximate surface area is 190 Å². The van der Waals surface area contributed by atoms with Gasteiger partial charge in [0.25, 0.3) is 0 Å². The first-order valence-corrected chi connectivity index (χ1v) is 11.0. The van der Waals surface area contributed by atoms with E-state index in [0.29, 0.717) is 30.7 Å². The molecule has 1 aromatic heterocycles. The van der Waals surface area contributed by atoms with Crippen molar-refractivity contribution in [1.29, 1.82) is 0 Å². The zero-order valence-corrected chi connectivity index (χ0v) is 18.6. The number of rotatable bonds is 12. The molecule has 7 nitrogen and oxygen atoms in total. The molecule has 0 saturated heterocycles. The van der Waals surface area contributed by atoms with Gasteiger partial charge in [-0.05, 0) is 36.8 Å². The van der Waals surface area contributed by atoms with Crippen molar-refractivity contribution in [3.63, 3.8) is 0 Å². The van der Waals surface area contributed by atoms with E-state index < -0.39 is 5.82 Å². The van der Waals surface area contributed by atoms with E-state index in [4.69, 9.17) is 9.47 Å². The molecule has 32 heavy (non-hydrogen) atoms. The lowest BCUT2D eigenvalue weighted by Gasteiger charge is -2.10. The van der Waals surface area contributed by atoms with Crippen LogP contribution in [0.15, 0.2) is 66.3 Å². The molecule has 1 heterocycles. The van der Waals surface area contributed by atoms with Crippen LogP contribution in [-0.2, 0) is 17.9 Å². The van der Waals surface area contributed by atoms with Crippen LogP contribution in [0.1, 0.15) is 11.4 Å². The second-order valence-corrected chi connectivity index (χ2v) is 7.76. The van der Waals surface area contributed by atoms with Crippen LogP contribution in [0, 0.1) is 12.7 Å². The minimum Gasteiger partial charge on any atom is -0.492 e. The van der Waals surface area contributed by atoms with Crippen LogP contribution >= 0.6 is 11.8 Å². The molecule has 0 fully saturated rings. The van der Waals surface area contributed by atoms with Crippen LogP contribution in [-0.4, -0.2) is 39.6 Å². The predicted molar refractivity (Wildman–Crippen MR) is 121 cm³/mol. The molecule has 1 amide bonds. The molecule has 0 aliphatic carbocycles. The number of nitrogens with zero attached hydrogens (tertiary/aromatic N) is 3. The summed E-state index contributed by atoms with van der Waals surface area (Å²) in [5.74, 6) is 1.02. The average Bonchev–Trinajstić information content (AvgIpc) is 3.16. The molecule has 0 aliphatic rings. The van der Waals surface area contributed by atoms with Crippen molar-refractivity contribution < 1.29 is 18.7 Å². The Kier molecular flexibility index (Phi) is 8.68. The third kappa shape index (κ3) is 6.84. The van der Waals surface area contributed by atoms with E-state index in [1.165, 1.54) is 17.8 Å². The number of hydrogen-bond donors (Lipinski definition) is 1. The zero-order chi connectivity index (χ0) is 22.8. The third-order valence-electron chi connectivity index (χ3n) is 4.31. The highest BCUT2D eigenvalue weighted by Crippen LogP contribution is 2.20. The first-order valence-electron chi connectivity index (χ1n) is 10.1. The molecule has 2 aromatic carbocycles. The molecule has 0 spiro atoms. The maximum atomic E-state index is 13.8. The molecular weight excluding hydrogens is 431 g/mol. The normalized spacial score (nSPS) is 10.6. The Morgan fingerprint density at radius 2 is 2.06 bits per heavy atom. The summed E-state index contributed by atoms with van der Waals surface area (Å²) in [6.07, 6.45) is 1.70. The number of thioether (sulfide) groups is 1. The van der Waals surface area contributed by atoms with Gasteiger partial charge in [0.15, 0.2) is 22.5 Å². The first kappa shape index (κ1) is 23.3. The minimum absolute atomic E-state index is 0.0465. The monoisotopic (exact) mass is 456 g/mol. The van der Waals surface area contributed by atoms with Crippen LogP contribution in [0.25, 0.3) is 0 Å². The predicted octanol–water partition coefficient (Wildman–Crippen LogP) is 3.78. The number of ether oxygens (including phenoxy) is 2. The molecule has 0 unspecified atom stereocenters. The Hall–Kier alpha value is -3.33. The van der Waals surface area contributed by atoms with Crippen molar-refractivity contribution in [2.24, 2.45) is 0 Å². The summed E-state index contributed by atoms with van der Waals surface area (Å²) in [6.45, 7) is 7.00. The molecule has 1 N–H and O–H groups in total. The molecule has 9 heteroatoms. The van der Waals surface area contributed by atoms with Gasteiger partial charge in [-0.3, -0.25) is 9.36 Å². The van der Waals surface area contributed by atoms with E-state index >= 15 is 0 Å². The highest BCUT2D eigenvalue weighted by molar-refractivity contribution is 7.99. The molecule has 3 rings (SSSR count). The number of carbonyl (C=O) groups excluding carboxylic acids is 1. The van der Waals surface area contributed by atoms with Crippen LogP contribution in [0.5, 0.6) is 11.5 Å². The molecule has 3 aromatic rings. The van der Waals surface area contributed by atoms with Gasteiger partial charge in [-0.1, -0.05) is 42.1 Å². The van der Waals surface area contributed by atoms with Crippen LogP contribution < -0.4 is 14.8 Å². The molecule has 0 atom stereocenters. The van der Waals surface area contributed by atoms with E-state index in [1.54, 1.807) is 28.8 Å². The topological polar surface area (TPSA) is 78.3 Å². The fourth-order valence-corrected chi connectivity index (χ4v) is 3.59. The fourth-order valence-electron chi connectivity index (χ4n) is 2.79. The fraction of sp³-hybridized carbons (Fsp3) is 0.261. The Morgan fingerprint density at radius 1 is 1.22 bits per heavy atom. The van der Waals surface area contributed by atoms with Crippen molar-refractivity contribution in [2.45, 2.75) is 25.2 Å². The summed E-state index contributed by atoms with van der Waals surface area (Å²) in [7, 11) is 0. The van der Waals surface area contributed by atoms with E-state index in [9.17, 15) is 9.18 Å². The number of para-hydroxylation sites is 1. The lowest BCUT2D eigenvalue weighted by molar-refractivity contribution is -0.118. The van der Waals surface area contributed by atoms with E-state index in [0.717, 1.165) is 11.3 Å². The van der Waals surface area contributed by atoms with Crippen LogP contribution in [0.3, 0.4) is 0 Å². The molecule has 0 bridgehead atoms. The highest BCUT2D eigenvalue weighted by atomic mass is 32.2. The molecule has 0 aliphatic heterocycles. The van der Waals surface area contributed by atoms with Crippen molar-refractivity contribution in [3.05, 3.63) is 78.4 Å². The highest BCUT2D eigenvalue weighted by Gasteiger charge is 2.14. The van der Waals surface area contributed by atoms with Gasteiger partial charge in [0, 0.05) is 6.54 Å². The number of allylic oxidation sites excluding steroid dienone is 1. The summed E-state index contributed by atoms with van der Waals surface area (Å²) in [6, 6.07) is 13.9. The quantitative estimate of drug-likeness (QED) is 0.254. The van der Waals surface area contributed by atoms with Crippen molar-refractivity contribution in [2.75, 3.05) is 18.9 Å². The van der Waals surface area contributed by atoms with Gasteiger partial charge in [-0.2, -0.15) is 0 Å². The van der Waals surface area contributed by atoms with E-state index in [1.807, 2.05) is 31.2 Å². The Bertz CT molecular complexity index is 1060. The zero-order valence-electron chi connectivity index (χ0n) is 17.8. The van der Waals surface area contributed by atoms with Crippen LogP contribution in [0.2, 0.25) is 0 Å². The number of nitrogens with one attached hydrogen (secondary N) is 1. The van der Waals surface area contributed by atoms with Gasteiger partial charge in [0.05, 0.1) is 12.3 Å². The molecular formula is C23H25FN4O3S.